The molecule has 3 fully saturated rings. The van der Waals surface area contributed by atoms with Crippen LogP contribution in [0.5, 0.6) is 11.5 Å². The number of benzene rings is 3. The lowest BCUT2D eigenvalue weighted by Crippen LogP contribution is -2.65. The molecule has 0 spiro atoms. The molecule has 3 aliphatic heterocycles. The Balaban J connectivity index is 1.22. The number of rotatable bonds is 11. The van der Waals surface area contributed by atoms with Gasteiger partial charge in [-0.05, 0) is 23.3 Å². The Morgan fingerprint density at radius 3 is 2.15 bits per heavy atom. The minimum absolute atomic E-state index is 0.185. The van der Waals surface area contributed by atoms with E-state index >= 15 is 0 Å². The normalized spacial score (nSPS) is 21.6. The van der Waals surface area contributed by atoms with Crippen LogP contribution in [-0.2, 0) is 15.1 Å². The van der Waals surface area contributed by atoms with Crippen molar-refractivity contribution in [2.75, 3.05) is 46.9 Å². The van der Waals surface area contributed by atoms with Crippen molar-refractivity contribution in [3.05, 3.63) is 95.6 Å². The number of hydrogen-bond donors (Lipinski definition) is 2. The summed E-state index contributed by atoms with van der Waals surface area (Å²) in [5.41, 5.74) is -0.432. The van der Waals surface area contributed by atoms with E-state index in [9.17, 15) is 14.7 Å². The second-order valence-corrected chi connectivity index (χ2v) is 11.1. The first kappa shape index (κ1) is 28.6. The lowest BCUT2D eigenvalue weighted by atomic mass is 9.82. The molecule has 41 heavy (non-hydrogen) atoms. The molecule has 3 aromatic carbocycles. The van der Waals surface area contributed by atoms with Crippen LogP contribution in [0.3, 0.4) is 0 Å². The number of aliphatic hydroxyl groups is 1. The summed E-state index contributed by atoms with van der Waals surface area (Å²) in [7, 11) is 3.11. The van der Waals surface area contributed by atoms with E-state index in [4.69, 9.17) is 14.2 Å². The molecule has 0 aromatic heterocycles. The third-order valence-electron chi connectivity index (χ3n) is 8.73. The molecule has 3 heterocycles. The third kappa shape index (κ3) is 5.94. The van der Waals surface area contributed by atoms with Gasteiger partial charge in [0.15, 0.2) is 6.10 Å². The number of methoxy groups -OCH3 is 2. The van der Waals surface area contributed by atoms with Gasteiger partial charge < -0.3 is 29.1 Å². The van der Waals surface area contributed by atoms with Crippen LogP contribution in [0.4, 0.5) is 0 Å². The minimum Gasteiger partial charge on any atom is -0.497 e. The zero-order valence-electron chi connectivity index (χ0n) is 23.8. The first-order chi connectivity index (χ1) is 19.9. The molecule has 0 aliphatic carbocycles. The number of ether oxygens (including phenoxy) is 3. The average Bonchev–Trinajstić information content (AvgIpc) is 3.03. The Kier molecular flexibility index (Phi) is 8.61. The third-order valence-corrected chi connectivity index (χ3v) is 8.73. The first-order valence-corrected chi connectivity index (χ1v) is 14.3. The molecular formula is C33H39N2O6+. The topological polar surface area (TPSA) is 94.1 Å². The number of fused-ring (bicyclic) bond motifs is 3. The maximum Gasteiger partial charge on any atom is 0.348 e. The maximum absolute atomic E-state index is 13.7. The van der Waals surface area contributed by atoms with Crippen LogP contribution in [0.15, 0.2) is 78.9 Å². The predicted octanol–water partition coefficient (Wildman–Crippen LogP) is 3.91. The summed E-state index contributed by atoms with van der Waals surface area (Å²) in [6.07, 6.45) is 2.49. The van der Waals surface area contributed by atoms with Crippen molar-refractivity contribution in [3.63, 3.8) is 0 Å². The second kappa shape index (κ2) is 12.3. The van der Waals surface area contributed by atoms with Crippen LogP contribution in [0.25, 0.3) is 0 Å². The molecule has 1 amide bonds. The van der Waals surface area contributed by atoms with Crippen molar-refractivity contribution in [1.29, 1.82) is 0 Å². The van der Waals surface area contributed by atoms with E-state index in [0.29, 0.717) is 34.7 Å². The van der Waals surface area contributed by atoms with Gasteiger partial charge in [-0.2, -0.15) is 0 Å². The average molecular weight is 560 g/mol. The SMILES string of the molecule is COc1ccc(C(=O)NCCC[N+]23CCC(CC2)[C@@H](OC(=O)C(O)(c2ccccc2)c2ccccc2)C3)c(OC)c1. The molecule has 1 atom stereocenters. The molecule has 3 saturated heterocycles. The predicted molar refractivity (Wildman–Crippen MR) is 155 cm³/mol. The number of hydrogen-bond acceptors (Lipinski definition) is 6. The lowest BCUT2D eigenvalue weighted by molar-refractivity contribution is -0.946. The Labute approximate surface area is 241 Å². The lowest BCUT2D eigenvalue weighted by Gasteiger charge is -2.52. The van der Waals surface area contributed by atoms with Crippen LogP contribution in [0, 0.1) is 5.92 Å². The molecule has 0 unspecified atom stereocenters. The van der Waals surface area contributed by atoms with Crippen molar-refractivity contribution in [2.45, 2.75) is 31.0 Å². The summed E-state index contributed by atoms with van der Waals surface area (Å²) in [6, 6.07) is 23.2. The summed E-state index contributed by atoms with van der Waals surface area (Å²) in [5.74, 6) is 0.570. The van der Waals surface area contributed by atoms with E-state index in [1.165, 1.54) is 7.11 Å². The van der Waals surface area contributed by atoms with E-state index in [2.05, 4.69) is 5.32 Å². The Hall–Kier alpha value is -3.88. The number of amides is 1. The Morgan fingerprint density at radius 2 is 1.56 bits per heavy atom. The van der Waals surface area contributed by atoms with Gasteiger partial charge >= 0.3 is 5.97 Å². The molecule has 2 N–H and O–H groups in total. The quantitative estimate of drug-likeness (QED) is 0.210. The van der Waals surface area contributed by atoms with Crippen LogP contribution in [0.2, 0.25) is 0 Å². The maximum atomic E-state index is 13.7. The van der Waals surface area contributed by atoms with Crippen LogP contribution < -0.4 is 14.8 Å². The summed E-state index contributed by atoms with van der Waals surface area (Å²) >= 11 is 0. The molecule has 2 bridgehead atoms. The largest absolute Gasteiger partial charge is 0.497 e. The van der Waals surface area contributed by atoms with Gasteiger partial charge in [0.1, 0.15) is 18.0 Å². The van der Waals surface area contributed by atoms with Gasteiger partial charge in [0.05, 0.1) is 39.4 Å². The highest BCUT2D eigenvalue weighted by Gasteiger charge is 2.50. The number of nitrogens with zero attached hydrogens (tertiary/aromatic N) is 1. The number of esters is 1. The highest BCUT2D eigenvalue weighted by atomic mass is 16.6. The van der Waals surface area contributed by atoms with Gasteiger partial charge in [-0.25, -0.2) is 4.79 Å². The standard InChI is InChI=1S/C33H38N2O6/c1-39-27-14-15-28(29(22-27)40-2)31(36)34-18-9-19-35-20-16-24(17-21-35)30(23-35)41-32(37)33(38,25-10-5-3-6-11-25)26-12-7-4-8-13-26/h3-8,10-15,22,24,30,38H,9,16-21,23H2,1-2H3/p+1/t24?,30-,35?/m0/s1. The van der Waals surface area contributed by atoms with E-state index in [0.717, 1.165) is 49.9 Å². The zero-order chi connectivity index (χ0) is 28.9. The van der Waals surface area contributed by atoms with Crippen LogP contribution in [-0.4, -0.2) is 74.5 Å². The van der Waals surface area contributed by atoms with Crippen molar-refractivity contribution < 1.29 is 33.4 Å². The number of carbonyl (C=O) groups excluding carboxylic acids is 2. The van der Waals surface area contributed by atoms with Crippen molar-refractivity contribution in [3.8, 4) is 11.5 Å². The van der Waals surface area contributed by atoms with Gasteiger partial charge in [-0.3, -0.25) is 4.79 Å². The first-order valence-electron chi connectivity index (χ1n) is 14.3. The monoisotopic (exact) mass is 559 g/mol. The Bertz CT molecular complexity index is 1300. The molecule has 0 radical (unpaired) electrons. The van der Waals surface area contributed by atoms with Gasteiger partial charge in [-0.1, -0.05) is 60.7 Å². The van der Waals surface area contributed by atoms with E-state index in [1.54, 1.807) is 49.6 Å². The summed E-state index contributed by atoms with van der Waals surface area (Å²) in [5, 5.41) is 14.9. The Morgan fingerprint density at radius 1 is 0.927 bits per heavy atom. The molecule has 3 aromatic rings. The summed E-state index contributed by atoms with van der Waals surface area (Å²) < 4.78 is 17.6. The molecule has 216 valence electrons. The fraction of sp³-hybridized carbons (Fsp3) is 0.394. The molecular weight excluding hydrogens is 520 g/mol. The van der Waals surface area contributed by atoms with Crippen molar-refractivity contribution >= 4 is 11.9 Å². The van der Waals surface area contributed by atoms with Crippen LogP contribution in [0.1, 0.15) is 40.7 Å². The second-order valence-electron chi connectivity index (χ2n) is 11.1. The number of carbonyl (C=O) groups is 2. The number of quaternary nitrogens is 1. The van der Waals surface area contributed by atoms with E-state index in [1.807, 2.05) is 36.4 Å². The highest BCUT2D eigenvalue weighted by Crippen LogP contribution is 2.38. The number of nitrogens with one attached hydrogen (secondary N) is 1. The fourth-order valence-corrected chi connectivity index (χ4v) is 6.35. The fourth-order valence-electron chi connectivity index (χ4n) is 6.35. The van der Waals surface area contributed by atoms with Crippen molar-refractivity contribution in [2.24, 2.45) is 5.92 Å². The molecule has 0 saturated carbocycles. The minimum atomic E-state index is -1.88. The van der Waals surface area contributed by atoms with Gasteiger partial charge in [0.2, 0.25) is 5.60 Å². The zero-order valence-corrected chi connectivity index (χ0v) is 23.8. The van der Waals surface area contributed by atoms with Crippen molar-refractivity contribution in [1.82, 2.24) is 5.32 Å². The van der Waals surface area contributed by atoms with Gasteiger partial charge in [-0.15, -0.1) is 0 Å². The van der Waals surface area contributed by atoms with Crippen LogP contribution >= 0.6 is 0 Å². The van der Waals surface area contributed by atoms with Gasteiger partial charge in [0.25, 0.3) is 5.91 Å². The molecule has 8 nitrogen and oxygen atoms in total. The number of piperidine rings is 3. The van der Waals surface area contributed by atoms with Gasteiger partial charge in [0, 0.05) is 37.8 Å². The smallest absolute Gasteiger partial charge is 0.348 e. The van der Waals surface area contributed by atoms with E-state index in [-0.39, 0.29) is 17.9 Å². The molecule has 6 rings (SSSR count). The summed E-state index contributed by atoms with van der Waals surface area (Å²) in [6.45, 7) is 4.18. The summed E-state index contributed by atoms with van der Waals surface area (Å²) in [4.78, 5) is 26.5. The molecule has 3 aliphatic rings. The molecule has 8 heteroatoms. The van der Waals surface area contributed by atoms with E-state index < -0.39 is 11.6 Å². The highest BCUT2D eigenvalue weighted by molar-refractivity contribution is 5.97.